The number of benzene rings is 1. The third kappa shape index (κ3) is 3.99. The number of aromatic nitrogens is 2. The van der Waals surface area contributed by atoms with Crippen molar-refractivity contribution in [1.29, 1.82) is 0 Å². The molecular weight excluding hydrogens is 368 g/mol. The van der Waals surface area contributed by atoms with Crippen molar-refractivity contribution < 1.29 is 4.74 Å². The molecule has 3 heterocycles. The molecule has 0 amide bonds. The summed E-state index contributed by atoms with van der Waals surface area (Å²) < 4.78 is 5.40. The average molecular weight is 389 g/mol. The Morgan fingerprint density at radius 1 is 1.15 bits per heavy atom. The number of anilines is 1. The number of rotatable bonds is 6. The molecular formula is C19H21ClN4OS. The quantitative estimate of drug-likeness (QED) is 0.643. The Morgan fingerprint density at radius 3 is 2.77 bits per heavy atom. The van der Waals surface area contributed by atoms with Gasteiger partial charge in [-0.3, -0.25) is 4.90 Å². The van der Waals surface area contributed by atoms with Crippen LogP contribution in [-0.4, -0.2) is 54.3 Å². The van der Waals surface area contributed by atoms with Gasteiger partial charge in [0.25, 0.3) is 0 Å². The van der Waals surface area contributed by atoms with E-state index in [0.717, 1.165) is 78.0 Å². The molecule has 3 aromatic rings. The highest BCUT2D eigenvalue weighted by Crippen LogP contribution is 2.36. The number of fused-ring (bicyclic) bond motifs is 1. The van der Waals surface area contributed by atoms with Gasteiger partial charge in [-0.2, -0.15) is 0 Å². The highest BCUT2D eigenvalue weighted by atomic mass is 35.5. The molecule has 1 aliphatic heterocycles. The van der Waals surface area contributed by atoms with E-state index < -0.39 is 0 Å². The second kappa shape index (κ2) is 8.31. The summed E-state index contributed by atoms with van der Waals surface area (Å²) in [4.78, 5) is 12.4. The van der Waals surface area contributed by atoms with Crippen LogP contribution in [0.4, 0.5) is 5.82 Å². The number of ether oxygens (including phenoxy) is 1. The van der Waals surface area contributed by atoms with Gasteiger partial charge in [-0.15, -0.1) is 11.3 Å². The lowest BCUT2D eigenvalue weighted by Crippen LogP contribution is -2.37. The fourth-order valence-electron chi connectivity index (χ4n) is 3.19. The van der Waals surface area contributed by atoms with Gasteiger partial charge in [0.1, 0.15) is 17.0 Å². The molecule has 1 aliphatic rings. The number of hydrogen-bond acceptors (Lipinski definition) is 6. The fourth-order valence-corrected chi connectivity index (χ4v) is 4.23. The Bertz CT molecular complexity index is 862. The topological polar surface area (TPSA) is 50.3 Å². The third-order valence-electron chi connectivity index (χ3n) is 4.57. The SMILES string of the molecule is Clc1ccc(-c2csc3ncnc(NCCCN4CCOCC4)c23)cc1. The van der Waals surface area contributed by atoms with E-state index in [-0.39, 0.29) is 0 Å². The molecule has 1 N–H and O–H groups in total. The van der Waals surface area contributed by atoms with Gasteiger partial charge in [0.2, 0.25) is 0 Å². The van der Waals surface area contributed by atoms with Gasteiger partial charge >= 0.3 is 0 Å². The Kier molecular flexibility index (Phi) is 5.65. The first kappa shape index (κ1) is 17.7. The highest BCUT2D eigenvalue weighted by molar-refractivity contribution is 7.17. The van der Waals surface area contributed by atoms with Gasteiger partial charge in [-0.1, -0.05) is 23.7 Å². The molecule has 26 heavy (non-hydrogen) atoms. The molecule has 1 aromatic carbocycles. The normalized spacial score (nSPS) is 15.4. The fraction of sp³-hybridized carbons (Fsp3) is 0.368. The van der Waals surface area contributed by atoms with Crippen molar-refractivity contribution >= 4 is 39.0 Å². The number of nitrogens with zero attached hydrogens (tertiary/aromatic N) is 3. The van der Waals surface area contributed by atoms with E-state index in [1.165, 1.54) is 0 Å². The van der Waals surface area contributed by atoms with E-state index in [1.807, 2.05) is 24.3 Å². The van der Waals surface area contributed by atoms with Gasteiger partial charge in [-0.25, -0.2) is 9.97 Å². The van der Waals surface area contributed by atoms with Crippen molar-refractivity contribution in [1.82, 2.24) is 14.9 Å². The average Bonchev–Trinajstić information content (AvgIpc) is 3.12. The maximum absolute atomic E-state index is 6.02. The molecule has 4 rings (SSSR count). The molecule has 0 aliphatic carbocycles. The Labute approximate surface area is 162 Å². The van der Waals surface area contributed by atoms with Gasteiger partial charge in [-0.05, 0) is 30.7 Å². The molecule has 1 saturated heterocycles. The first-order valence-electron chi connectivity index (χ1n) is 8.83. The molecule has 7 heteroatoms. The standard InChI is InChI=1S/C19H21ClN4OS/c20-15-4-2-14(3-5-15)16-12-26-19-17(16)18(22-13-23-19)21-6-1-7-24-8-10-25-11-9-24/h2-5,12-13H,1,6-11H2,(H,21,22,23). The van der Waals surface area contributed by atoms with Crippen LogP contribution in [0.3, 0.4) is 0 Å². The summed E-state index contributed by atoms with van der Waals surface area (Å²) in [7, 11) is 0. The van der Waals surface area contributed by atoms with Crippen LogP contribution in [0.15, 0.2) is 36.0 Å². The van der Waals surface area contributed by atoms with Crippen LogP contribution in [0.1, 0.15) is 6.42 Å². The van der Waals surface area contributed by atoms with E-state index in [2.05, 4.69) is 25.6 Å². The summed E-state index contributed by atoms with van der Waals surface area (Å²) in [6.07, 6.45) is 2.71. The van der Waals surface area contributed by atoms with Crippen molar-refractivity contribution in [2.75, 3.05) is 44.7 Å². The van der Waals surface area contributed by atoms with E-state index in [0.29, 0.717) is 0 Å². The van der Waals surface area contributed by atoms with E-state index in [4.69, 9.17) is 16.3 Å². The number of nitrogens with one attached hydrogen (secondary N) is 1. The third-order valence-corrected chi connectivity index (χ3v) is 5.71. The summed E-state index contributed by atoms with van der Waals surface area (Å²) in [6.45, 7) is 5.72. The summed E-state index contributed by atoms with van der Waals surface area (Å²) in [5.41, 5.74) is 2.28. The Hall–Kier alpha value is -1.73. The van der Waals surface area contributed by atoms with Gasteiger partial charge in [0.05, 0.1) is 18.6 Å². The van der Waals surface area contributed by atoms with Crippen molar-refractivity contribution in [2.24, 2.45) is 0 Å². The lowest BCUT2D eigenvalue weighted by molar-refractivity contribution is 0.0378. The van der Waals surface area contributed by atoms with Gasteiger partial charge < -0.3 is 10.1 Å². The minimum atomic E-state index is 0.742. The van der Waals surface area contributed by atoms with Crippen molar-refractivity contribution in [3.8, 4) is 11.1 Å². The monoisotopic (exact) mass is 388 g/mol. The summed E-state index contributed by atoms with van der Waals surface area (Å²) in [6, 6.07) is 7.91. The van der Waals surface area contributed by atoms with Crippen LogP contribution in [0, 0.1) is 0 Å². The van der Waals surface area contributed by atoms with Gasteiger partial charge in [0, 0.05) is 35.6 Å². The molecule has 0 atom stereocenters. The highest BCUT2D eigenvalue weighted by Gasteiger charge is 2.13. The summed E-state index contributed by atoms with van der Waals surface area (Å²) in [5, 5.41) is 7.48. The first-order valence-corrected chi connectivity index (χ1v) is 10.1. The van der Waals surface area contributed by atoms with Gasteiger partial charge in [0.15, 0.2) is 0 Å². The van der Waals surface area contributed by atoms with E-state index >= 15 is 0 Å². The molecule has 0 radical (unpaired) electrons. The molecule has 2 aromatic heterocycles. The zero-order valence-electron chi connectivity index (χ0n) is 14.4. The predicted molar refractivity (Wildman–Crippen MR) is 108 cm³/mol. The minimum Gasteiger partial charge on any atom is -0.379 e. The van der Waals surface area contributed by atoms with Crippen LogP contribution in [-0.2, 0) is 4.74 Å². The Balaban J connectivity index is 1.48. The maximum atomic E-state index is 6.02. The molecule has 0 spiro atoms. The zero-order valence-corrected chi connectivity index (χ0v) is 16.0. The lowest BCUT2D eigenvalue weighted by atomic mass is 10.1. The maximum Gasteiger partial charge on any atom is 0.138 e. The smallest absolute Gasteiger partial charge is 0.138 e. The Morgan fingerprint density at radius 2 is 1.96 bits per heavy atom. The van der Waals surface area contributed by atoms with Crippen molar-refractivity contribution in [3.63, 3.8) is 0 Å². The molecule has 0 saturated carbocycles. The van der Waals surface area contributed by atoms with Crippen LogP contribution < -0.4 is 5.32 Å². The summed E-state index contributed by atoms with van der Waals surface area (Å²) >= 11 is 7.67. The van der Waals surface area contributed by atoms with Crippen molar-refractivity contribution in [3.05, 3.63) is 41.0 Å². The first-order chi connectivity index (χ1) is 12.8. The van der Waals surface area contributed by atoms with Crippen molar-refractivity contribution in [2.45, 2.75) is 6.42 Å². The van der Waals surface area contributed by atoms with Crippen LogP contribution in [0.5, 0.6) is 0 Å². The number of thiophene rings is 1. The second-order valence-corrected chi connectivity index (χ2v) is 7.59. The molecule has 0 bridgehead atoms. The summed E-state index contributed by atoms with van der Waals surface area (Å²) in [5.74, 6) is 0.906. The van der Waals surface area contributed by atoms with Crippen LogP contribution in [0.2, 0.25) is 5.02 Å². The molecule has 1 fully saturated rings. The molecule has 0 unspecified atom stereocenters. The van der Waals surface area contributed by atoms with E-state index in [1.54, 1.807) is 17.7 Å². The molecule has 136 valence electrons. The number of halogens is 1. The molecule has 5 nitrogen and oxygen atoms in total. The van der Waals surface area contributed by atoms with E-state index in [9.17, 15) is 0 Å². The minimum absolute atomic E-state index is 0.742. The number of hydrogen-bond donors (Lipinski definition) is 1. The van der Waals surface area contributed by atoms with Crippen LogP contribution >= 0.6 is 22.9 Å². The second-order valence-electron chi connectivity index (χ2n) is 6.29. The van der Waals surface area contributed by atoms with Crippen LogP contribution in [0.25, 0.3) is 21.3 Å². The lowest BCUT2D eigenvalue weighted by Gasteiger charge is -2.26. The number of morpholine rings is 1. The largest absolute Gasteiger partial charge is 0.379 e. The predicted octanol–water partition coefficient (Wildman–Crippen LogP) is 4.15. The zero-order chi connectivity index (χ0) is 17.8.